The number of thiazole rings is 1. The fraction of sp³-hybridized carbons (Fsp3) is 0.263. The molecule has 2 aromatic heterocycles. The van der Waals surface area contributed by atoms with E-state index in [2.05, 4.69) is 36.3 Å². The van der Waals surface area contributed by atoms with Crippen molar-refractivity contribution in [1.82, 2.24) is 4.98 Å². The molecule has 24 heavy (non-hydrogen) atoms. The zero-order valence-corrected chi connectivity index (χ0v) is 15.6. The lowest BCUT2D eigenvalue weighted by Crippen LogP contribution is -2.14. The topological polar surface area (TPSA) is 42.0 Å². The number of nitrogens with one attached hydrogen (secondary N) is 1. The van der Waals surface area contributed by atoms with Crippen molar-refractivity contribution in [3.63, 3.8) is 0 Å². The number of anilines is 1. The standard InChI is InChI=1S/C19H20N2OS2/c1-12(2)14-6-8-15(9-7-14)21-18(22)11-17-19(20-13(3)24-17)16-5-4-10-23-16/h4-10,12H,11H2,1-3H3,(H,21,22). The molecule has 0 saturated heterocycles. The largest absolute Gasteiger partial charge is 0.326 e. The van der Waals surface area contributed by atoms with E-state index in [1.54, 1.807) is 22.7 Å². The summed E-state index contributed by atoms with van der Waals surface area (Å²) in [5.41, 5.74) is 3.05. The number of aryl methyl sites for hydroxylation is 1. The van der Waals surface area contributed by atoms with Crippen molar-refractivity contribution in [2.45, 2.75) is 33.1 Å². The van der Waals surface area contributed by atoms with Gasteiger partial charge in [-0.15, -0.1) is 22.7 Å². The molecule has 0 radical (unpaired) electrons. The number of aromatic nitrogens is 1. The summed E-state index contributed by atoms with van der Waals surface area (Å²) in [6.45, 7) is 6.30. The summed E-state index contributed by atoms with van der Waals surface area (Å²) >= 11 is 3.24. The molecule has 0 atom stereocenters. The van der Waals surface area contributed by atoms with E-state index in [-0.39, 0.29) is 5.91 Å². The van der Waals surface area contributed by atoms with Crippen molar-refractivity contribution in [3.05, 3.63) is 57.2 Å². The van der Waals surface area contributed by atoms with Gasteiger partial charge in [-0.1, -0.05) is 32.0 Å². The lowest BCUT2D eigenvalue weighted by Gasteiger charge is -2.08. The molecular formula is C19H20N2OS2. The first-order valence-electron chi connectivity index (χ1n) is 7.93. The molecule has 0 spiro atoms. The minimum absolute atomic E-state index is 0.00578. The van der Waals surface area contributed by atoms with Crippen molar-refractivity contribution in [2.75, 3.05) is 5.32 Å². The Bertz CT molecular complexity index is 818. The van der Waals surface area contributed by atoms with Gasteiger partial charge < -0.3 is 5.32 Å². The van der Waals surface area contributed by atoms with Crippen molar-refractivity contribution in [2.24, 2.45) is 0 Å². The fourth-order valence-electron chi connectivity index (χ4n) is 2.50. The van der Waals surface area contributed by atoms with Gasteiger partial charge in [0.05, 0.1) is 22.0 Å². The summed E-state index contributed by atoms with van der Waals surface area (Å²) in [7, 11) is 0. The number of carbonyl (C=O) groups is 1. The van der Waals surface area contributed by atoms with Gasteiger partial charge in [0.25, 0.3) is 0 Å². The zero-order valence-electron chi connectivity index (χ0n) is 14.0. The van der Waals surface area contributed by atoms with Gasteiger partial charge in [-0.25, -0.2) is 4.98 Å². The molecule has 1 N–H and O–H groups in total. The maximum atomic E-state index is 12.4. The van der Waals surface area contributed by atoms with Crippen LogP contribution in [-0.4, -0.2) is 10.9 Å². The number of nitrogens with zero attached hydrogens (tertiary/aromatic N) is 1. The molecule has 0 aliphatic rings. The molecule has 3 aromatic rings. The Morgan fingerprint density at radius 2 is 1.96 bits per heavy atom. The molecule has 0 unspecified atom stereocenters. The number of thiophene rings is 1. The maximum absolute atomic E-state index is 12.4. The Kier molecular flexibility index (Phi) is 5.11. The minimum Gasteiger partial charge on any atom is -0.326 e. The van der Waals surface area contributed by atoms with Gasteiger partial charge in [-0.05, 0) is 42.0 Å². The highest BCUT2D eigenvalue weighted by Gasteiger charge is 2.15. The van der Waals surface area contributed by atoms with Crippen LogP contribution in [0.1, 0.15) is 35.2 Å². The van der Waals surface area contributed by atoms with Crippen LogP contribution in [0.25, 0.3) is 10.6 Å². The Morgan fingerprint density at radius 1 is 1.21 bits per heavy atom. The molecule has 0 saturated carbocycles. The van der Waals surface area contributed by atoms with Crippen LogP contribution >= 0.6 is 22.7 Å². The van der Waals surface area contributed by atoms with Gasteiger partial charge in [0, 0.05) is 10.6 Å². The number of hydrogen-bond acceptors (Lipinski definition) is 4. The van der Waals surface area contributed by atoms with E-state index in [4.69, 9.17) is 0 Å². The van der Waals surface area contributed by atoms with Crippen LogP contribution in [0.3, 0.4) is 0 Å². The van der Waals surface area contributed by atoms with Crippen LogP contribution in [0.2, 0.25) is 0 Å². The van der Waals surface area contributed by atoms with Gasteiger partial charge >= 0.3 is 0 Å². The third-order valence-corrected chi connectivity index (χ3v) is 5.59. The highest BCUT2D eigenvalue weighted by Crippen LogP contribution is 2.31. The summed E-state index contributed by atoms with van der Waals surface area (Å²) < 4.78 is 0. The summed E-state index contributed by atoms with van der Waals surface area (Å²) in [5.74, 6) is 0.483. The van der Waals surface area contributed by atoms with E-state index in [0.717, 1.165) is 26.1 Å². The number of amides is 1. The molecule has 0 fully saturated rings. The van der Waals surface area contributed by atoms with Gasteiger partial charge in [-0.2, -0.15) is 0 Å². The quantitative estimate of drug-likeness (QED) is 0.657. The van der Waals surface area contributed by atoms with Gasteiger partial charge in [0.2, 0.25) is 5.91 Å². The molecule has 3 rings (SSSR count). The first kappa shape index (κ1) is 16.9. The smallest absolute Gasteiger partial charge is 0.229 e. The Balaban J connectivity index is 1.71. The average molecular weight is 357 g/mol. The second-order valence-electron chi connectivity index (χ2n) is 5.98. The van der Waals surface area contributed by atoms with E-state index in [9.17, 15) is 4.79 Å². The van der Waals surface area contributed by atoms with Gasteiger partial charge in [-0.3, -0.25) is 4.79 Å². The summed E-state index contributed by atoms with van der Waals surface area (Å²) in [6, 6.07) is 12.1. The highest BCUT2D eigenvalue weighted by molar-refractivity contribution is 7.15. The second-order valence-corrected chi connectivity index (χ2v) is 8.22. The molecule has 1 amide bonds. The molecule has 2 heterocycles. The number of rotatable bonds is 5. The lowest BCUT2D eigenvalue weighted by atomic mass is 10.0. The SMILES string of the molecule is Cc1nc(-c2cccs2)c(CC(=O)Nc2ccc(C(C)C)cc2)s1. The number of benzene rings is 1. The van der Waals surface area contributed by atoms with E-state index < -0.39 is 0 Å². The first-order chi connectivity index (χ1) is 11.5. The predicted octanol–water partition coefficient (Wildman–Crippen LogP) is 5.48. The minimum atomic E-state index is -0.00578. The van der Waals surface area contributed by atoms with Crippen LogP contribution in [0.5, 0.6) is 0 Å². The highest BCUT2D eigenvalue weighted by atomic mass is 32.1. The zero-order chi connectivity index (χ0) is 17.1. The third-order valence-electron chi connectivity index (χ3n) is 3.74. The molecule has 124 valence electrons. The number of carbonyl (C=O) groups excluding carboxylic acids is 1. The van der Waals surface area contributed by atoms with E-state index in [1.807, 2.05) is 36.6 Å². The average Bonchev–Trinajstić information content (AvgIpc) is 3.17. The lowest BCUT2D eigenvalue weighted by molar-refractivity contribution is -0.115. The van der Waals surface area contributed by atoms with Crippen LogP contribution in [0, 0.1) is 6.92 Å². The summed E-state index contributed by atoms with van der Waals surface area (Å²) in [4.78, 5) is 19.1. The van der Waals surface area contributed by atoms with Crippen LogP contribution in [0.4, 0.5) is 5.69 Å². The maximum Gasteiger partial charge on any atom is 0.229 e. The van der Waals surface area contributed by atoms with Crippen LogP contribution in [-0.2, 0) is 11.2 Å². The molecule has 3 nitrogen and oxygen atoms in total. The van der Waals surface area contributed by atoms with Crippen LogP contribution in [0.15, 0.2) is 41.8 Å². The Hall–Kier alpha value is -1.98. The van der Waals surface area contributed by atoms with Gasteiger partial charge in [0.15, 0.2) is 0 Å². The third kappa shape index (κ3) is 3.91. The Morgan fingerprint density at radius 3 is 2.58 bits per heavy atom. The van der Waals surface area contributed by atoms with Crippen molar-refractivity contribution >= 4 is 34.3 Å². The summed E-state index contributed by atoms with van der Waals surface area (Å²) in [6.07, 6.45) is 0.352. The second kappa shape index (κ2) is 7.28. The Labute approximate surface area is 150 Å². The molecule has 0 bridgehead atoms. The predicted molar refractivity (Wildman–Crippen MR) is 103 cm³/mol. The normalized spacial score (nSPS) is 11.0. The molecule has 0 aliphatic heterocycles. The van der Waals surface area contributed by atoms with Crippen molar-refractivity contribution in [3.8, 4) is 10.6 Å². The molecular weight excluding hydrogens is 336 g/mol. The van der Waals surface area contributed by atoms with Crippen molar-refractivity contribution < 1.29 is 4.79 Å². The monoisotopic (exact) mass is 356 g/mol. The van der Waals surface area contributed by atoms with E-state index >= 15 is 0 Å². The summed E-state index contributed by atoms with van der Waals surface area (Å²) in [5, 5.41) is 6.00. The van der Waals surface area contributed by atoms with Crippen LogP contribution < -0.4 is 5.32 Å². The van der Waals surface area contributed by atoms with E-state index in [0.29, 0.717) is 12.3 Å². The molecule has 5 heteroatoms. The van der Waals surface area contributed by atoms with Gasteiger partial charge in [0.1, 0.15) is 0 Å². The fourth-order valence-corrected chi connectivity index (χ4v) is 4.25. The number of hydrogen-bond donors (Lipinski definition) is 1. The molecule has 1 aromatic carbocycles. The first-order valence-corrected chi connectivity index (χ1v) is 9.62. The van der Waals surface area contributed by atoms with E-state index in [1.165, 1.54) is 5.56 Å². The molecule has 0 aliphatic carbocycles. The van der Waals surface area contributed by atoms with Crippen molar-refractivity contribution in [1.29, 1.82) is 0 Å².